The quantitative estimate of drug-likeness (QED) is 0.446. The number of nitrogens with zero attached hydrogens (tertiary/aromatic N) is 4. The number of nitrogens with one attached hydrogen (secondary N) is 1. The van der Waals surface area contributed by atoms with Crippen LogP contribution >= 0.6 is 11.6 Å². The molecule has 1 amide bonds. The molecule has 4 rings (SSSR count). The first-order chi connectivity index (χ1) is 17.5. The predicted octanol–water partition coefficient (Wildman–Crippen LogP) is 3.72. The second-order valence-electron chi connectivity index (χ2n) is 8.62. The third-order valence-electron chi connectivity index (χ3n) is 5.99. The van der Waals surface area contributed by atoms with Gasteiger partial charge in [0, 0.05) is 12.3 Å². The number of hydrogen-bond donors (Lipinski definition) is 1. The van der Waals surface area contributed by atoms with Crippen LogP contribution in [0.5, 0.6) is 17.4 Å². The van der Waals surface area contributed by atoms with Crippen LogP contribution in [0.2, 0.25) is 5.02 Å². The van der Waals surface area contributed by atoms with E-state index in [0.29, 0.717) is 11.3 Å². The van der Waals surface area contributed by atoms with Gasteiger partial charge in [-0.3, -0.25) is 9.20 Å². The molecule has 1 aliphatic heterocycles. The number of sulfone groups is 1. The van der Waals surface area contributed by atoms with Gasteiger partial charge < -0.3 is 14.8 Å². The summed E-state index contributed by atoms with van der Waals surface area (Å²) in [6.07, 6.45) is 0.379. The third kappa shape index (κ3) is 6.08. The fourth-order valence-electron chi connectivity index (χ4n) is 4.00. The van der Waals surface area contributed by atoms with Gasteiger partial charge in [0.2, 0.25) is 0 Å². The molecule has 14 heteroatoms. The van der Waals surface area contributed by atoms with E-state index in [-0.39, 0.29) is 58.9 Å². The molecule has 3 aromatic rings. The summed E-state index contributed by atoms with van der Waals surface area (Å²) in [5.41, 5.74) is 0.0386. The lowest BCUT2D eigenvalue weighted by atomic mass is 9.89. The Morgan fingerprint density at radius 2 is 2.08 bits per heavy atom. The van der Waals surface area contributed by atoms with Crippen molar-refractivity contribution in [2.75, 3.05) is 18.1 Å². The molecule has 0 saturated carbocycles. The van der Waals surface area contributed by atoms with E-state index in [2.05, 4.69) is 15.3 Å². The molecule has 0 spiro atoms. The number of hydrogen-bond acceptors (Lipinski definition) is 8. The summed E-state index contributed by atoms with van der Waals surface area (Å²) in [5, 5.41) is 12.3. The number of alkyl halides is 2. The normalized spacial score (nSPS) is 16.3. The van der Waals surface area contributed by atoms with Gasteiger partial charge in [-0.15, -0.1) is 0 Å². The molecule has 1 fully saturated rings. The molecule has 1 N–H and O–H groups in total. The lowest BCUT2D eigenvalue weighted by Gasteiger charge is -2.35. The van der Waals surface area contributed by atoms with E-state index in [1.807, 2.05) is 6.07 Å². The molecule has 0 atom stereocenters. The summed E-state index contributed by atoms with van der Waals surface area (Å²) in [6.45, 7) is 0.800. The van der Waals surface area contributed by atoms with Crippen molar-refractivity contribution in [3.05, 3.63) is 47.0 Å². The highest BCUT2D eigenvalue weighted by molar-refractivity contribution is 7.91. The fraction of sp³-hybridized carbons (Fsp3) is 0.391. The van der Waals surface area contributed by atoms with Crippen LogP contribution in [0, 0.1) is 18.3 Å². The molecule has 4 heterocycles. The van der Waals surface area contributed by atoms with Crippen LogP contribution in [0.25, 0.3) is 5.65 Å². The number of rotatable bonds is 8. The molecule has 10 nitrogen and oxygen atoms in total. The first-order valence-corrected chi connectivity index (χ1v) is 13.3. The van der Waals surface area contributed by atoms with Crippen LogP contribution in [0.3, 0.4) is 0 Å². The summed E-state index contributed by atoms with van der Waals surface area (Å²) >= 11 is 5.90. The van der Waals surface area contributed by atoms with Crippen molar-refractivity contribution in [1.82, 2.24) is 19.7 Å². The van der Waals surface area contributed by atoms with Gasteiger partial charge in [0.25, 0.3) is 18.2 Å². The number of carbonyl (C=O) groups is 1. The number of pyridine rings is 2. The van der Waals surface area contributed by atoms with Gasteiger partial charge in [-0.25, -0.2) is 27.2 Å². The minimum atomic E-state index is -3.20. The maximum Gasteiger partial charge on any atom is 0.272 e. The van der Waals surface area contributed by atoms with Gasteiger partial charge in [-0.2, -0.15) is 5.26 Å². The number of imidazole rings is 1. The summed E-state index contributed by atoms with van der Waals surface area (Å²) in [6, 6.07) is 6.49. The molecule has 0 radical (unpaired) electrons. The number of aryl methyl sites for hydroxylation is 1. The highest BCUT2D eigenvalue weighted by Crippen LogP contribution is 2.32. The third-order valence-corrected chi connectivity index (χ3v) is 7.85. The van der Waals surface area contributed by atoms with Crippen molar-refractivity contribution >= 4 is 33.0 Å². The second kappa shape index (κ2) is 10.5. The second-order valence-corrected chi connectivity index (χ2v) is 11.4. The number of carbonyl (C=O) groups excluding carboxylic acids is 1. The number of aromatic nitrogens is 3. The van der Waals surface area contributed by atoms with E-state index >= 15 is 0 Å². The van der Waals surface area contributed by atoms with E-state index in [1.165, 1.54) is 12.3 Å². The summed E-state index contributed by atoms with van der Waals surface area (Å²) in [7, 11) is -3.20. The van der Waals surface area contributed by atoms with Crippen molar-refractivity contribution in [3.8, 4) is 23.4 Å². The van der Waals surface area contributed by atoms with E-state index < -0.39 is 34.3 Å². The molecular formula is C23H22ClF2N5O5S. The van der Waals surface area contributed by atoms with Crippen LogP contribution in [0.4, 0.5) is 8.78 Å². The SMILES string of the molecule is Cc1c(C(=O)NC2(CC#N)CCS(=O)(=O)CC2)nc2ccc(Oc3ncc(Cl)cc3OCC(F)F)cn12. The standard InChI is InChI=1S/C23H22ClF2N5O5S/c1-14-20(21(32)30-23(4-7-27)5-8-37(33,34)9-6-23)29-19-3-2-16(12-31(14)19)36-22-17(35-13-18(25)26)10-15(24)11-28-22/h2-3,10-12,18H,4-6,8-9,13H2,1H3,(H,30,32). The monoisotopic (exact) mass is 553 g/mol. The zero-order valence-electron chi connectivity index (χ0n) is 19.6. The minimum absolute atomic E-state index is 0.0251. The molecule has 1 saturated heterocycles. The van der Waals surface area contributed by atoms with Crippen LogP contribution < -0.4 is 14.8 Å². The maximum absolute atomic E-state index is 13.1. The number of amides is 1. The van der Waals surface area contributed by atoms with Crippen molar-refractivity contribution in [3.63, 3.8) is 0 Å². The van der Waals surface area contributed by atoms with Gasteiger partial charge in [0.05, 0.1) is 46.4 Å². The number of halogens is 3. The predicted molar refractivity (Wildman–Crippen MR) is 129 cm³/mol. The minimum Gasteiger partial charge on any atom is -0.482 e. The Morgan fingerprint density at radius 1 is 1.35 bits per heavy atom. The van der Waals surface area contributed by atoms with Crippen LogP contribution in [0.15, 0.2) is 30.6 Å². The number of ether oxygens (including phenoxy) is 2. The average molecular weight is 554 g/mol. The average Bonchev–Trinajstić information content (AvgIpc) is 3.17. The van der Waals surface area contributed by atoms with E-state index in [9.17, 15) is 27.3 Å². The number of nitriles is 1. The smallest absolute Gasteiger partial charge is 0.272 e. The summed E-state index contributed by atoms with van der Waals surface area (Å²) in [5.74, 6) is -0.628. The van der Waals surface area contributed by atoms with E-state index in [0.717, 1.165) is 0 Å². The van der Waals surface area contributed by atoms with Crippen LogP contribution in [-0.4, -0.2) is 58.8 Å². The number of fused-ring (bicyclic) bond motifs is 1. The Hall–Kier alpha value is -3.50. The maximum atomic E-state index is 13.1. The fourth-order valence-corrected chi connectivity index (χ4v) is 5.75. The van der Waals surface area contributed by atoms with Gasteiger partial charge >= 0.3 is 0 Å². The molecule has 0 aliphatic carbocycles. The Labute approximate surface area is 216 Å². The van der Waals surface area contributed by atoms with Crippen molar-refractivity contribution in [2.45, 2.75) is 38.2 Å². The van der Waals surface area contributed by atoms with Gasteiger partial charge in [0.15, 0.2) is 5.75 Å². The molecule has 0 bridgehead atoms. The molecule has 37 heavy (non-hydrogen) atoms. The van der Waals surface area contributed by atoms with E-state index in [1.54, 1.807) is 29.7 Å². The van der Waals surface area contributed by atoms with Crippen LogP contribution in [0.1, 0.15) is 35.4 Å². The lowest BCUT2D eigenvalue weighted by Crippen LogP contribution is -2.53. The highest BCUT2D eigenvalue weighted by Gasteiger charge is 2.39. The van der Waals surface area contributed by atoms with Gasteiger partial charge in [0.1, 0.15) is 33.5 Å². The van der Waals surface area contributed by atoms with Gasteiger partial charge in [-0.05, 0) is 31.9 Å². The Balaban J connectivity index is 1.58. The topological polar surface area (TPSA) is 136 Å². The lowest BCUT2D eigenvalue weighted by molar-refractivity contribution is 0.0804. The Kier molecular flexibility index (Phi) is 7.52. The zero-order valence-corrected chi connectivity index (χ0v) is 21.2. The van der Waals surface area contributed by atoms with Crippen molar-refractivity contribution in [2.24, 2.45) is 0 Å². The zero-order chi connectivity index (χ0) is 26.8. The molecule has 1 aliphatic rings. The van der Waals surface area contributed by atoms with Crippen LogP contribution in [-0.2, 0) is 9.84 Å². The Bertz CT molecular complexity index is 1470. The summed E-state index contributed by atoms with van der Waals surface area (Å²) < 4.78 is 61.3. The summed E-state index contributed by atoms with van der Waals surface area (Å²) in [4.78, 5) is 21.5. The molecular weight excluding hydrogens is 532 g/mol. The molecule has 0 unspecified atom stereocenters. The van der Waals surface area contributed by atoms with Crippen molar-refractivity contribution < 1.29 is 31.5 Å². The first kappa shape index (κ1) is 26.6. The first-order valence-electron chi connectivity index (χ1n) is 11.1. The largest absolute Gasteiger partial charge is 0.482 e. The molecule has 3 aromatic heterocycles. The van der Waals surface area contributed by atoms with Gasteiger partial charge in [-0.1, -0.05) is 11.6 Å². The highest BCUT2D eigenvalue weighted by atomic mass is 35.5. The van der Waals surface area contributed by atoms with Crippen molar-refractivity contribution in [1.29, 1.82) is 5.26 Å². The molecule has 0 aromatic carbocycles. The van der Waals surface area contributed by atoms with E-state index in [4.69, 9.17) is 21.1 Å². The Morgan fingerprint density at radius 3 is 2.76 bits per heavy atom. The molecule has 196 valence electrons.